The summed E-state index contributed by atoms with van der Waals surface area (Å²) >= 11 is 0. The summed E-state index contributed by atoms with van der Waals surface area (Å²) < 4.78 is 5.08. The van der Waals surface area contributed by atoms with Crippen LogP contribution in [-0.2, 0) is 6.54 Å². The molecule has 0 atom stereocenters. The van der Waals surface area contributed by atoms with Crippen LogP contribution in [0.3, 0.4) is 0 Å². The first-order valence-electron chi connectivity index (χ1n) is 5.76. The molecule has 0 aromatic carbocycles. The lowest BCUT2D eigenvalue weighted by atomic mass is 9.98. The number of nitrogens with one attached hydrogen (secondary N) is 1. The summed E-state index contributed by atoms with van der Waals surface area (Å²) in [6.45, 7) is 4.74. The van der Waals surface area contributed by atoms with E-state index in [1.807, 2.05) is 13.8 Å². The number of rotatable bonds is 7. The first-order valence-corrected chi connectivity index (χ1v) is 5.76. The molecule has 1 rings (SSSR count). The second-order valence-electron chi connectivity index (χ2n) is 4.11. The molecule has 5 nitrogen and oxygen atoms in total. The molecule has 0 bridgehead atoms. The third kappa shape index (κ3) is 3.87. The minimum atomic E-state index is -1.07. The molecule has 5 heteroatoms. The van der Waals surface area contributed by atoms with Crippen molar-refractivity contribution in [1.29, 1.82) is 0 Å². The third-order valence-corrected chi connectivity index (χ3v) is 2.94. The molecule has 0 aliphatic carbocycles. The van der Waals surface area contributed by atoms with Crippen molar-refractivity contribution >= 4 is 5.97 Å². The second-order valence-corrected chi connectivity index (χ2v) is 4.11. The SMILES string of the molecule is CCC(O)(CC)CNCc1ccc(C(=O)O)o1. The summed E-state index contributed by atoms with van der Waals surface area (Å²) in [4.78, 5) is 10.6. The number of aliphatic hydroxyl groups is 1. The van der Waals surface area contributed by atoms with Crippen molar-refractivity contribution in [2.45, 2.75) is 38.8 Å². The predicted molar refractivity (Wildman–Crippen MR) is 62.9 cm³/mol. The number of carboxylic acid groups (broad SMARTS) is 1. The Labute approximate surface area is 100 Å². The zero-order chi connectivity index (χ0) is 12.9. The molecule has 0 unspecified atom stereocenters. The summed E-state index contributed by atoms with van der Waals surface area (Å²) in [6.07, 6.45) is 1.35. The molecular weight excluding hydrogens is 222 g/mol. The molecule has 96 valence electrons. The largest absolute Gasteiger partial charge is 0.475 e. The number of furan rings is 1. The van der Waals surface area contributed by atoms with Crippen LogP contribution in [0.4, 0.5) is 0 Å². The van der Waals surface area contributed by atoms with Crippen molar-refractivity contribution < 1.29 is 19.4 Å². The van der Waals surface area contributed by atoms with Crippen molar-refractivity contribution in [1.82, 2.24) is 5.32 Å². The van der Waals surface area contributed by atoms with Gasteiger partial charge in [-0.1, -0.05) is 13.8 Å². The number of hydrogen-bond donors (Lipinski definition) is 3. The lowest BCUT2D eigenvalue weighted by Crippen LogP contribution is -2.39. The highest BCUT2D eigenvalue weighted by Gasteiger charge is 2.21. The molecule has 1 aromatic heterocycles. The van der Waals surface area contributed by atoms with Gasteiger partial charge in [0, 0.05) is 6.54 Å². The highest BCUT2D eigenvalue weighted by atomic mass is 16.4. The molecule has 0 radical (unpaired) electrons. The van der Waals surface area contributed by atoms with Crippen LogP contribution in [0.1, 0.15) is 43.0 Å². The molecule has 0 aliphatic heterocycles. The standard InChI is InChI=1S/C12H19NO4/c1-3-12(16,4-2)8-13-7-9-5-6-10(17-9)11(14)15/h5-6,13,16H,3-4,7-8H2,1-2H3,(H,14,15). The lowest BCUT2D eigenvalue weighted by molar-refractivity contribution is 0.0318. The van der Waals surface area contributed by atoms with Gasteiger partial charge in [0.05, 0.1) is 12.1 Å². The van der Waals surface area contributed by atoms with Gasteiger partial charge in [-0.2, -0.15) is 0 Å². The molecule has 0 spiro atoms. The van der Waals surface area contributed by atoms with E-state index in [1.165, 1.54) is 6.07 Å². The van der Waals surface area contributed by atoms with Gasteiger partial charge in [0.15, 0.2) is 0 Å². The van der Waals surface area contributed by atoms with Crippen molar-refractivity contribution in [2.75, 3.05) is 6.54 Å². The Kier molecular flexibility index (Phi) is 4.72. The van der Waals surface area contributed by atoms with Gasteiger partial charge in [-0.25, -0.2) is 4.79 Å². The zero-order valence-corrected chi connectivity index (χ0v) is 10.2. The Morgan fingerprint density at radius 1 is 1.41 bits per heavy atom. The molecule has 3 N–H and O–H groups in total. The van der Waals surface area contributed by atoms with E-state index >= 15 is 0 Å². The van der Waals surface area contributed by atoms with E-state index in [2.05, 4.69) is 5.32 Å². The van der Waals surface area contributed by atoms with Crippen LogP contribution < -0.4 is 5.32 Å². The van der Waals surface area contributed by atoms with Crippen LogP contribution in [0.15, 0.2) is 16.5 Å². The number of carboxylic acids is 1. The second kappa shape index (κ2) is 5.84. The van der Waals surface area contributed by atoms with Crippen molar-refractivity contribution in [3.05, 3.63) is 23.7 Å². The Morgan fingerprint density at radius 2 is 2.06 bits per heavy atom. The Bertz CT molecular complexity index is 368. The van der Waals surface area contributed by atoms with Crippen molar-refractivity contribution in [3.63, 3.8) is 0 Å². The molecule has 0 saturated heterocycles. The minimum Gasteiger partial charge on any atom is -0.475 e. The van der Waals surface area contributed by atoms with Crippen molar-refractivity contribution in [3.8, 4) is 0 Å². The fourth-order valence-corrected chi connectivity index (χ4v) is 1.51. The van der Waals surface area contributed by atoms with Gasteiger partial charge in [0.1, 0.15) is 5.76 Å². The number of carbonyl (C=O) groups is 1. The fourth-order valence-electron chi connectivity index (χ4n) is 1.51. The summed E-state index contributed by atoms with van der Waals surface area (Å²) in [5, 5.41) is 21.7. The molecule has 0 saturated carbocycles. The number of hydrogen-bond acceptors (Lipinski definition) is 4. The van der Waals surface area contributed by atoms with Crippen LogP contribution in [-0.4, -0.2) is 28.3 Å². The summed E-state index contributed by atoms with van der Waals surface area (Å²) in [7, 11) is 0. The van der Waals surface area contributed by atoms with Gasteiger partial charge >= 0.3 is 5.97 Å². The Hall–Kier alpha value is -1.33. The van der Waals surface area contributed by atoms with Gasteiger partial charge in [-0.3, -0.25) is 0 Å². The zero-order valence-electron chi connectivity index (χ0n) is 10.2. The van der Waals surface area contributed by atoms with Gasteiger partial charge in [-0.15, -0.1) is 0 Å². The van der Waals surface area contributed by atoms with Crippen LogP contribution in [0.2, 0.25) is 0 Å². The molecule has 17 heavy (non-hydrogen) atoms. The predicted octanol–water partition coefficient (Wildman–Crippen LogP) is 1.62. The molecule has 1 heterocycles. The molecule has 0 aliphatic rings. The molecular formula is C12H19NO4. The van der Waals surface area contributed by atoms with Gasteiger partial charge < -0.3 is 19.9 Å². The quantitative estimate of drug-likeness (QED) is 0.675. The van der Waals surface area contributed by atoms with E-state index in [1.54, 1.807) is 6.07 Å². The normalized spacial score (nSPS) is 11.7. The maximum atomic E-state index is 10.6. The van der Waals surface area contributed by atoms with Gasteiger partial charge in [0.25, 0.3) is 0 Å². The average molecular weight is 241 g/mol. The average Bonchev–Trinajstić information content (AvgIpc) is 2.78. The fraction of sp³-hybridized carbons (Fsp3) is 0.583. The number of aromatic carboxylic acids is 1. The maximum Gasteiger partial charge on any atom is 0.371 e. The lowest BCUT2D eigenvalue weighted by Gasteiger charge is -2.25. The first-order chi connectivity index (χ1) is 8.00. The summed E-state index contributed by atoms with van der Waals surface area (Å²) in [5.74, 6) is -0.588. The molecule has 1 aromatic rings. The van der Waals surface area contributed by atoms with Crippen LogP contribution in [0.25, 0.3) is 0 Å². The monoisotopic (exact) mass is 241 g/mol. The van der Waals surface area contributed by atoms with E-state index in [-0.39, 0.29) is 5.76 Å². The Balaban J connectivity index is 2.43. The molecule has 0 amide bonds. The van der Waals surface area contributed by atoms with E-state index in [4.69, 9.17) is 9.52 Å². The van der Waals surface area contributed by atoms with E-state index in [0.717, 1.165) is 0 Å². The maximum absolute atomic E-state index is 10.6. The highest BCUT2D eigenvalue weighted by Crippen LogP contribution is 2.13. The molecule has 0 fully saturated rings. The van der Waals surface area contributed by atoms with Crippen LogP contribution >= 0.6 is 0 Å². The van der Waals surface area contributed by atoms with Crippen LogP contribution in [0, 0.1) is 0 Å². The highest BCUT2D eigenvalue weighted by molar-refractivity contribution is 5.84. The van der Waals surface area contributed by atoms with E-state index < -0.39 is 11.6 Å². The van der Waals surface area contributed by atoms with E-state index in [0.29, 0.717) is 31.7 Å². The van der Waals surface area contributed by atoms with Crippen molar-refractivity contribution in [2.24, 2.45) is 0 Å². The smallest absolute Gasteiger partial charge is 0.371 e. The Morgan fingerprint density at radius 3 is 2.53 bits per heavy atom. The first kappa shape index (κ1) is 13.7. The van der Waals surface area contributed by atoms with Crippen LogP contribution in [0.5, 0.6) is 0 Å². The summed E-state index contributed by atoms with van der Waals surface area (Å²) in [5.41, 5.74) is -0.706. The minimum absolute atomic E-state index is 0.0666. The van der Waals surface area contributed by atoms with Gasteiger partial charge in [0.2, 0.25) is 5.76 Å². The third-order valence-electron chi connectivity index (χ3n) is 2.94. The van der Waals surface area contributed by atoms with E-state index in [9.17, 15) is 9.90 Å². The summed E-state index contributed by atoms with van der Waals surface area (Å²) in [6, 6.07) is 3.04. The topological polar surface area (TPSA) is 82.7 Å². The van der Waals surface area contributed by atoms with Gasteiger partial charge in [-0.05, 0) is 25.0 Å².